The van der Waals surface area contributed by atoms with Gasteiger partial charge in [-0.1, -0.05) is 0 Å². The second-order valence-corrected chi connectivity index (χ2v) is 4.32. The highest BCUT2D eigenvalue weighted by Gasteiger charge is 2.19. The molecule has 2 rings (SSSR count). The van der Waals surface area contributed by atoms with E-state index in [0.29, 0.717) is 6.04 Å². The zero-order valence-electron chi connectivity index (χ0n) is 5.43. The third kappa shape index (κ3) is 1.13. The van der Waals surface area contributed by atoms with Crippen LogP contribution in [-0.2, 0) is 0 Å². The maximum Gasteiger partial charge on any atom is 0.0427 e. The molecule has 0 saturated carbocycles. The zero-order chi connectivity index (χ0) is 6.97. The van der Waals surface area contributed by atoms with Crippen LogP contribution in [0.1, 0.15) is 17.3 Å². The van der Waals surface area contributed by atoms with Gasteiger partial charge in [-0.3, -0.25) is 0 Å². The van der Waals surface area contributed by atoms with Crippen LogP contribution in [0.4, 0.5) is 0 Å². The van der Waals surface area contributed by atoms with E-state index in [2.05, 4.69) is 32.7 Å². The van der Waals surface area contributed by atoms with Gasteiger partial charge in [0.15, 0.2) is 0 Å². The van der Waals surface area contributed by atoms with Crippen LogP contribution in [0, 0.1) is 0 Å². The van der Waals surface area contributed by atoms with Crippen molar-refractivity contribution >= 4 is 27.3 Å². The summed E-state index contributed by atoms with van der Waals surface area (Å²) in [5.74, 6) is 0. The van der Waals surface area contributed by atoms with Crippen molar-refractivity contribution in [1.29, 1.82) is 0 Å². The molecule has 1 aromatic heterocycles. The fraction of sp³-hybridized carbons (Fsp3) is 0.429. The van der Waals surface area contributed by atoms with Gasteiger partial charge in [-0.2, -0.15) is 0 Å². The topological polar surface area (TPSA) is 12.0 Å². The maximum atomic E-state index is 3.44. The second kappa shape index (κ2) is 2.64. The molecule has 0 aliphatic carbocycles. The summed E-state index contributed by atoms with van der Waals surface area (Å²) in [5.41, 5.74) is 0. The molecule has 1 fully saturated rings. The average molecular weight is 218 g/mol. The monoisotopic (exact) mass is 217 g/mol. The van der Waals surface area contributed by atoms with Gasteiger partial charge in [0.1, 0.15) is 0 Å². The van der Waals surface area contributed by atoms with Crippen molar-refractivity contribution < 1.29 is 0 Å². The fourth-order valence-electron chi connectivity index (χ4n) is 1.04. The average Bonchev–Trinajstić information content (AvgIpc) is 2.10. The van der Waals surface area contributed by atoms with E-state index in [1.165, 1.54) is 22.3 Å². The predicted octanol–water partition coefficient (Wildman–Crippen LogP) is 2.54. The lowest BCUT2D eigenvalue weighted by molar-refractivity contribution is 0.389. The number of nitrogens with one attached hydrogen (secondary N) is 1. The molecular formula is C7H8BrNS. The molecule has 1 nitrogen and oxygen atoms in total. The quantitative estimate of drug-likeness (QED) is 0.763. The second-order valence-electron chi connectivity index (χ2n) is 2.46. The van der Waals surface area contributed by atoms with Crippen molar-refractivity contribution in [2.45, 2.75) is 12.5 Å². The highest BCUT2D eigenvalue weighted by molar-refractivity contribution is 9.10. The van der Waals surface area contributed by atoms with Gasteiger partial charge in [0.25, 0.3) is 0 Å². The lowest BCUT2D eigenvalue weighted by Gasteiger charge is -2.26. The number of hydrogen-bond acceptors (Lipinski definition) is 2. The van der Waals surface area contributed by atoms with E-state index in [9.17, 15) is 0 Å². The molecule has 1 aliphatic heterocycles. The molecule has 10 heavy (non-hydrogen) atoms. The first-order valence-electron chi connectivity index (χ1n) is 3.33. The van der Waals surface area contributed by atoms with Crippen molar-refractivity contribution in [1.82, 2.24) is 5.32 Å². The van der Waals surface area contributed by atoms with Gasteiger partial charge in [-0.25, -0.2) is 0 Å². The minimum Gasteiger partial charge on any atom is -0.309 e. The largest absolute Gasteiger partial charge is 0.309 e. The molecule has 3 heteroatoms. The third-order valence-corrected chi connectivity index (χ3v) is 3.56. The molecule has 54 valence electrons. The van der Waals surface area contributed by atoms with E-state index < -0.39 is 0 Å². The standard InChI is InChI=1S/C7H8BrNS/c8-5-3-7(10-4-5)6-1-2-9-6/h3-4,6,9H,1-2H2/t6-/m1/s1. The van der Waals surface area contributed by atoms with Crippen LogP contribution < -0.4 is 5.32 Å². The van der Waals surface area contributed by atoms with E-state index >= 15 is 0 Å². The van der Waals surface area contributed by atoms with Gasteiger partial charge in [-0.15, -0.1) is 11.3 Å². The Morgan fingerprint density at radius 2 is 2.50 bits per heavy atom. The Morgan fingerprint density at radius 1 is 1.70 bits per heavy atom. The van der Waals surface area contributed by atoms with Crippen molar-refractivity contribution in [2.24, 2.45) is 0 Å². The van der Waals surface area contributed by atoms with Gasteiger partial charge in [0.05, 0.1) is 0 Å². The van der Waals surface area contributed by atoms with Crippen molar-refractivity contribution in [3.63, 3.8) is 0 Å². The Hall–Kier alpha value is 0.140. The van der Waals surface area contributed by atoms with E-state index in [0.717, 1.165) is 0 Å². The van der Waals surface area contributed by atoms with E-state index in [-0.39, 0.29) is 0 Å². The van der Waals surface area contributed by atoms with Gasteiger partial charge in [-0.05, 0) is 35.0 Å². The third-order valence-electron chi connectivity index (χ3n) is 1.75. The number of rotatable bonds is 1. The molecule has 0 aromatic carbocycles. The summed E-state index contributed by atoms with van der Waals surface area (Å²) in [6, 6.07) is 2.85. The lowest BCUT2D eigenvalue weighted by Crippen LogP contribution is -2.34. The molecule has 0 spiro atoms. The maximum absolute atomic E-state index is 3.44. The zero-order valence-corrected chi connectivity index (χ0v) is 7.83. The van der Waals surface area contributed by atoms with E-state index in [4.69, 9.17) is 0 Å². The molecule has 0 unspecified atom stereocenters. The summed E-state index contributed by atoms with van der Waals surface area (Å²) in [7, 11) is 0. The van der Waals surface area contributed by atoms with Crippen LogP contribution in [0.3, 0.4) is 0 Å². The first-order chi connectivity index (χ1) is 4.86. The van der Waals surface area contributed by atoms with Crippen molar-refractivity contribution in [3.8, 4) is 0 Å². The number of thiophene rings is 1. The van der Waals surface area contributed by atoms with Gasteiger partial charge in [0, 0.05) is 20.8 Å². The van der Waals surface area contributed by atoms with Crippen LogP contribution in [0.15, 0.2) is 15.9 Å². The summed E-state index contributed by atoms with van der Waals surface area (Å²) in [4.78, 5) is 1.46. The van der Waals surface area contributed by atoms with Gasteiger partial charge in [0.2, 0.25) is 0 Å². The number of hydrogen-bond donors (Lipinski definition) is 1. The Balaban J connectivity index is 2.17. The molecule has 0 radical (unpaired) electrons. The molecule has 0 amide bonds. The Bertz CT molecular complexity index is 229. The molecule has 1 aromatic rings. The van der Waals surface area contributed by atoms with Crippen molar-refractivity contribution in [3.05, 3.63) is 20.8 Å². The fourth-order valence-corrected chi connectivity index (χ4v) is 2.60. The molecule has 1 N–H and O–H groups in total. The highest BCUT2D eigenvalue weighted by Crippen LogP contribution is 2.30. The van der Waals surface area contributed by atoms with Crippen LogP contribution in [0.5, 0.6) is 0 Å². The molecular weight excluding hydrogens is 210 g/mol. The molecule has 2 heterocycles. The summed E-state index contributed by atoms with van der Waals surface area (Å²) < 4.78 is 1.21. The Morgan fingerprint density at radius 3 is 2.90 bits per heavy atom. The number of halogens is 1. The smallest absolute Gasteiger partial charge is 0.0427 e. The van der Waals surface area contributed by atoms with Crippen LogP contribution in [0.2, 0.25) is 0 Å². The van der Waals surface area contributed by atoms with Crippen molar-refractivity contribution in [2.75, 3.05) is 6.54 Å². The molecule has 1 aliphatic rings. The van der Waals surface area contributed by atoms with E-state index in [1.54, 1.807) is 0 Å². The minimum atomic E-state index is 0.649. The normalized spacial score (nSPS) is 24.3. The van der Waals surface area contributed by atoms with E-state index in [1.807, 2.05) is 11.3 Å². The summed E-state index contributed by atoms with van der Waals surface area (Å²) in [6.45, 7) is 1.18. The highest BCUT2D eigenvalue weighted by atomic mass is 79.9. The lowest BCUT2D eigenvalue weighted by atomic mass is 10.1. The molecule has 1 atom stereocenters. The van der Waals surface area contributed by atoms with Crippen LogP contribution in [0.25, 0.3) is 0 Å². The van der Waals surface area contributed by atoms with Crippen LogP contribution >= 0.6 is 27.3 Å². The minimum absolute atomic E-state index is 0.649. The van der Waals surface area contributed by atoms with Crippen LogP contribution in [-0.4, -0.2) is 6.54 Å². The first kappa shape index (κ1) is 6.83. The first-order valence-corrected chi connectivity index (χ1v) is 5.01. The van der Waals surface area contributed by atoms with Gasteiger partial charge >= 0.3 is 0 Å². The SMILES string of the molecule is Brc1csc([C@H]2CCN2)c1. The summed E-state index contributed by atoms with van der Waals surface area (Å²) >= 11 is 5.26. The van der Waals surface area contributed by atoms with Gasteiger partial charge < -0.3 is 5.32 Å². The summed E-state index contributed by atoms with van der Waals surface area (Å²) in [5, 5.41) is 5.50. The molecule has 1 saturated heterocycles. The Labute approximate surface area is 72.6 Å². The molecule has 0 bridgehead atoms. The summed E-state index contributed by atoms with van der Waals surface area (Å²) in [6.07, 6.45) is 1.30. The predicted molar refractivity (Wildman–Crippen MR) is 47.4 cm³/mol. The Kier molecular flexibility index (Phi) is 1.80.